The van der Waals surface area contributed by atoms with Gasteiger partial charge < -0.3 is 15.3 Å². The molecule has 2 N–H and O–H groups in total. The molecule has 2 rings (SSSR count). The molecule has 1 aromatic rings. The number of nitrogens with zero attached hydrogens (tertiary/aromatic N) is 1. The second kappa shape index (κ2) is 6.45. The molecule has 5 nitrogen and oxygen atoms in total. The minimum absolute atomic E-state index is 0.0549. The summed E-state index contributed by atoms with van der Waals surface area (Å²) in [6, 6.07) is 5.03. The van der Waals surface area contributed by atoms with Gasteiger partial charge in [-0.05, 0) is 40.9 Å². The molecule has 1 fully saturated rings. The summed E-state index contributed by atoms with van der Waals surface area (Å²) in [6.07, 6.45) is 1.79. The highest BCUT2D eigenvalue weighted by Crippen LogP contribution is 2.32. The Bertz CT molecular complexity index is 534. The summed E-state index contributed by atoms with van der Waals surface area (Å²) < 4.78 is 0.615. The molecule has 1 aliphatic rings. The largest absolute Gasteiger partial charge is 0.481 e. The van der Waals surface area contributed by atoms with Gasteiger partial charge in [0.05, 0.1) is 21.6 Å². The third-order valence-corrected chi connectivity index (χ3v) is 4.41. The quantitative estimate of drug-likeness (QED) is 0.842. The molecule has 20 heavy (non-hydrogen) atoms. The van der Waals surface area contributed by atoms with Gasteiger partial charge in [0.1, 0.15) is 0 Å². The molecular weight excluding hydrogens is 348 g/mol. The van der Waals surface area contributed by atoms with E-state index in [1.807, 2.05) is 0 Å². The van der Waals surface area contributed by atoms with Gasteiger partial charge in [-0.1, -0.05) is 17.7 Å². The number of anilines is 1. The predicted octanol–water partition coefficient (Wildman–Crippen LogP) is 3.57. The first-order chi connectivity index (χ1) is 9.49. The average Bonchev–Trinajstić information content (AvgIpc) is 3.19. The molecule has 0 aromatic heterocycles. The van der Waals surface area contributed by atoms with Crippen LogP contribution in [0.1, 0.15) is 19.3 Å². The van der Waals surface area contributed by atoms with E-state index in [0.29, 0.717) is 15.2 Å². The first kappa shape index (κ1) is 15.1. The lowest BCUT2D eigenvalue weighted by molar-refractivity contribution is -0.137. The minimum atomic E-state index is -0.910. The first-order valence-corrected chi connectivity index (χ1v) is 7.39. The first-order valence-electron chi connectivity index (χ1n) is 6.22. The summed E-state index contributed by atoms with van der Waals surface area (Å²) in [5, 5.41) is 12.0. The van der Waals surface area contributed by atoms with Crippen molar-refractivity contribution in [2.75, 3.05) is 11.9 Å². The van der Waals surface area contributed by atoms with E-state index in [9.17, 15) is 9.59 Å². The van der Waals surface area contributed by atoms with E-state index in [2.05, 4.69) is 21.2 Å². The Morgan fingerprint density at radius 2 is 2.15 bits per heavy atom. The van der Waals surface area contributed by atoms with Crippen LogP contribution in [-0.4, -0.2) is 34.6 Å². The van der Waals surface area contributed by atoms with Gasteiger partial charge in [-0.25, -0.2) is 4.79 Å². The Morgan fingerprint density at radius 3 is 2.75 bits per heavy atom. The van der Waals surface area contributed by atoms with Crippen molar-refractivity contribution >= 4 is 45.2 Å². The van der Waals surface area contributed by atoms with Crippen LogP contribution in [0.25, 0.3) is 0 Å². The van der Waals surface area contributed by atoms with Crippen LogP contribution in [0.5, 0.6) is 0 Å². The fraction of sp³-hybridized carbons (Fsp3) is 0.385. The maximum Gasteiger partial charge on any atom is 0.322 e. The number of carboxylic acid groups (broad SMARTS) is 1. The number of hydrogen-bond acceptors (Lipinski definition) is 2. The standard InChI is InChI=1S/C13H14BrClN2O3/c14-12-9(15)2-1-3-10(12)16-13(20)17(8-4-5-8)7-6-11(18)19/h1-3,8H,4-7H2,(H,16,20)(H,18,19). The number of carboxylic acids is 1. The highest BCUT2D eigenvalue weighted by atomic mass is 79.9. The van der Waals surface area contributed by atoms with Crippen molar-refractivity contribution in [3.05, 3.63) is 27.7 Å². The lowest BCUT2D eigenvalue weighted by atomic mass is 10.3. The number of hydrogen-bond donors (Lipinski definition) is 2. The Hall–Kier alpha value is -1.27. The topological polar surface area (TPSA) is 69.6 Å². The molecule has 0 bridgehead atoms. The van der Waals surface area contributed by atoms with Gasteiger partial charge >= 0.3 is 12.0 Å². The maximum absolute atomic E-state index is 12.2. The van der Waals surface area contributed by atoms with Crippen LogP contribution in [0.2, 0.25) is 5.02 Å². The van der Waals surface area contributed by atoms with E-state index >= 15 is 0 Å². The van der Waals surface area contributed by atoms with E-state index in [0.717, 1.165) is 12.8 Å². The molecule has 0 spiro atoms. The van der Waals surface area contributed by atoms with Crippen LogP contribution in [0.3, 0.4) is 0 Å². The van der Waals surface area contributed by atoms with Crippen molar-refractivity contribution in [2.24, 2.45) is 0 Å². The van der Waals surface area contributed by atoms with Gasteiger partial charge in [0.25, 0.3) is 0 Å². The SMILES string of the molecule is O=C(O)CCN(C(=O)Nc1cccc(Cl)c1Br)C1CC1. The van der Waals surface area contributed by atoms with Gasteiger partial charge in [-0.2, -0.15) is 0 Å². The summed E-state index contributed by atoms with van der Waals surface area (Å²) in [4.78, 5) is 24.4. The third kappa shape index (κ3) is 3.86. The number of nitrogens with one attached hydrogen (secondary N) is 1. The van der Waals surface area contributed by atoms with Gasteiger partial charge in [0, 0.05) is 12.6 Å². The van der Waals surface area contributed by atoms with Gasteiger partial charge in [0.2, 0.25) is 0 Å². The Balaban J connectivity index is 2.04. The van der Waals surface area contributed by atoms with E-state index in [1.165, 1.54) is 0 Å². The number of amides is 2. The molecule has 1 saturated carbocycles. The van der Waals surface area contributed by atoms with E-state index in [-0.39, 0.29) is 25.0 Å². The molecule has 1 aliphatic carbocycles. The Morgan fingerprint density at radius 1 is 1.45 bits per heavy atom. The molecule has 0 atom stereocenters. The molecule has 1 aromatic carbocycles. The van der Waals surface area contributed by atoms with Crippen molar-refractivity contribution in [3.8, 4) is 0 Å². The summed E-state index contributed by atoms with van der Waals surface area (Å²) in [5.74, 6) is -0.910. The maximum atomic E-state index is 12.2. The zero-order valence-corrected chi connectivity index (χ0v) is 12.9. The zero-order valence-electron chi connectivity index (χ0n) is 10.6. The normalized spacial score (nSPS) is 13.9. The minimum Gasteiger partial charge on any atom is -0.481 e. The van der Waals surface area contributed by atoms with Gasteiger partial charge in [0.15, 0.2) is 0 Å². The lowest BCUT2D eigenvalue weighted by Gasteiger charge is -2.22. The fourth-order valence-electron chi connectivity index (χ4n) is 1.84. The fourth-order valence-corrected chi connectivity index (χ4v) is 2.38. The molecule has 0 aliphatic heterocycles. The molecule has 0 heterocycles. The van der Waals surface area contributed by atoms with Crippen molar-refractivity contribution < 1.29 is 14.7 Å². The number of carbonyl (C=O) groups excluding carboxylic acids is 1. The summed E-state index contributed by atoms with van der Waals surface area (Å²) in [6.45, 7) is 0.212. The summed E-state index contributed by atoms with van der Waals surface area (Å²) >= 11 is 9.28. The van der Waals surface area contributed by atoms with Crippen molar-refractivity contribution in [3.63, 3.8) is 0 Å². The average molecular weight is 362 g/mol. The Kier molecular flexibility index (Phi) is 4.88. The summed E-state index contributed by atoms with van der Waals surface area (Å²) in [5.41, 5.74) is 0.573. The van der Waals surface area contributed by atoms with E-state index in [4.69, 9.17) is 16.7 Å². The van der Waals surface area contributed by atoms with Gasteiger partial charge in [-0.15, -0.1) is 0 Å². The van der Waals surface area contributed by atoms with Crippen molar-refractivity contribution in [1.82, 2.24) is 4.90 Å². The van der Waals surface area contributed by atoms with E-state index in [1.54, 1.807) is 23.1 Å². The highest BCUT2D eigenvalue weighted by Gasteiger charge is 2.32. The number of carbonyl (C=O) groups is 2. The van der Waals surface area contributed by atoms with Gasteiger partial charge in [-0.3, -0.25) is 4.79 Å². The van der Waals surface area contributed by atoms with Crippen LogP contribution in [0.15, 0.2) is 22.7 Å². The van der Waals surface area contributed by atoms with Crippen LogP contribution in [0.4, 0.5) is 10.5 Å². The molecule has 0 radical (unpaired) electrons. The van der Waals surface area contributed by atoms with Crippen molar-refractivity contribution in [2.45, 2.75) is 25.3 Å². The smallest absolute Gasteiger partial charge is 0.322 e. The second-order valence-electron chi connectivity index (χ2n) is 4.60. The van der Waals surface area contributed by atoms with Crippen LogP contribution in [-0.2, 0) is 4.79 Å². The summed E-state index contributed by atoms with van der Waals surface area (Å²) in [7, 11) is 0. The second-order valence-corrected chi connectivity index (χ2v) is 5.80. The molecular formula is C13H14BrClN2O3. The lowest BCUT2D eigenvalue weighted by Crippen LogP contribution is -2.38. The number of aliphatic carboxylic acids is 1. The molecule has 0 saturated heterocycles. The van der Waals surface area contributed by atoms with Crippen molar-refractivity contribution in [1.29, 1.82) is 0 Å². The number of rotatable bonds is 5. The van der Waals surface area contributed by atoms with E-state index < -0.39 is 5.97 Å². The number of benzene rings is 1. The molecule has 2 amide bonds. The molecule has 0 unspecified atom stereocenters. The third-order valence-electron chi connectivity index (χ3n) is 3.01. The monoisotopic (exact) mass is 360 g/mol. The van der Waals surface area contributed by atoms with Crippen LogP contribution < -0.4 is 5.32 Å². The molecule has 108 valence electrons. The number of halogens is 2. The Labute approximate surface area is 130 Å². The van der Waals surface area contributed by atoms with Crippen LogP contribution >= 0.6 is 27.5 Å². The number of urea groups is 1. The van der Waals surface area contributed by atoms with Crippen LogP contribution in [0, 0.1) is 0 Å². The predicted molar refractivity (Wildman–Crippen MR) is 80.2 cm³/mol. The zero-order chi connectivity index (χ0) is 14.7. The molecule has 7 heteroatoms. The highest BCUT2D eigenvalue weighted by molar-refractivity contribution is 9.10.